The van der Waals surface area contributed by atoms with Crippen molar-refractivity contribution in [2.45, 2.75) is 45.6 Å². The van der Waals surface area contributed by atoms with E-state index in [1.165, 1.54) is 11.1 Å². The van der Waals surface area contributed by atoms with Gasteiger partial charge in [-0.25, -0.2) is 0 Å². The monoisotopic (exact) mass is 555 g/mol. The predicted octanol–water partition coefficient (Wildman–Crippen LogP) is 2.38. The molecule has 1 N–H and O–H groups in total. The van der Waals surface area contributed by atoms with Crippen LogP contribution in [0.15, 0.2) is 23.2 Å². The largest absolute Gasteiger partial charge is 0.493 e. The minimum Gasteiger partial charge on any atom is -0.493 e. The topological polar surface area (TPSA) is 60.4 Å². The number of likely N-dealkylation sites (tertiary alicyclic amines) is 1. The summed E-state index contributed by atoms with van der Waals surface area (Å²) in [5.74, 6) is 2.33. The van der Waals surface area contributed by atoms with E-state index in [1.807, 2.05) is 4.90 Å². The van der Waals surface area contributed by atoms with Crippen LogP contribution in [0.1, 0.15) is 37.8 Å². The number of piperazine rings is 1. The smallest absolute Gasteiger partial charge is 0.239 e. The quantitative estimate of drug-likeness (QED) is 0.332. The van der Waals surface area contributed by atoms with E-state index in [1.54, 1.807) is 0 Å². The molecule has 32 heavy (non-hydrogen) atoms. The lowest BCUT2D eigenvalue weighted by molar-refractivity contribution is -0.135. The van der Waals surface area contributed by atoms with Crippen LogP contribution in [0.5, 0.6) is 5.75 Å². The molecular formula is C24H38IN5O2. The van der Waals surface area contributed by atoms with E-state index in [9.17, 15) is 4.79 Å². The summed E-state index contributed by atoms with van der Waals surface area (Å²) in [5, 5.41) is 3.45. The third-order valence-corrected chi connectivity index (χ3v) is 6.69. The molecule has 0 spiro atoms. The molecule has 3 aliphatic rings. The van der Waals surface area contributed by atoms with Gasteiger partial charge in [0.15, 0.2) is 5.96 Å². The summed E-state index contributed by atoms with van der Waals surface area (Å²) in [6.45, 7) is 12.1. The highest BCUT2D eigenvalue weighted by Gasteiger charge is 2.30. The minimum absolute atomic E-state index is 0. The summed E-state index contributed by atoms with van der Waals surface area (Å²) in [5.41, 5.74) is 2.64. The summed E-state index contributed by atoms with van der Waals surface area (Å²) in [6.07, 6.45) is 4.24. The third kappa shape index (κ3) is 6.07. The fourth-order valence-electron chi connectivity index (χ4n) is 4.79. The van der Waals surface area contributed by atoms with E-state index in [0.29, 0.717) is 5.91 Å². The second-order valence-electron chi connectivity index (χ2n) is 8.76. The number of aliphatic imine (C=N–C) groups is 1. The molecule has 8 heteroatoms. The lowest BCUT2D eigenvalue weighted by Crippen LogP contribution is -2.57. The Bertz CT molecular complexity index is 789. The van der Waals surface area contributed by atoms with E-state index in [0.717, 1.165) is 96.4 Å². The van der Waals surface area contributed by atoms with E-state index < -0.39 is 0 Å². The molecule has 0 aliphatic carbocycles. The van der Waals surface area contributed by atoms with Gasteiger partial charge >= 0.3 is 0 Å². The van der Waals surface area contributed by atoms with Crippen molar-refractivity contribution in [3.63, 3.8) is 0 Å². The molecule has 0 radical (unpaired) electrons. The van der Waals surface area contributed by atoms with E-state index in [-0.39, 0.29) is 30.0 Å². The van der Waals surface area contributed by atoms with Crippen molar-refractivity contribution in [2.75, 3.05) is 59.0 Å². The highest BCUT2D eigenvalue weighted by molar-refractivity contribution is 14.0. The number of hydrogen-bond acceptors (Lipinski definition) is 4. The maximum atomic E-state index is 12.7. The first kappa shape index (κ1) is 25.1. The molecule has 7 nitrogen and oxygen atoms in total. The molecule has 2 saturated heterocycles. The zero-order chi connectivity index (χ0) is 21.6. The normalized spacial score (nSPS) is 19.9. The third-order valence-electron chi connectivity index (χ3n) is 6.69. The molecule has 4 rings (SSSR count). The summed E-state index contributed by atoms with van der Waals surface area (Å²) in [7, 11) is 0. The predicted molar refractivity (Wildman–Crippen MR) is 139 cm³/mol. The molecule has 1 unspecified atom stereocenters. The molecular weight excluding hydrogens is 517 g/mol. The second kappa shape index (κ2) is 12.1. The molecule has 0 saturated carbocycles. The number of rotatable bonds is 6. The van der Waals surface area contributed by atoms with Crippen molar-refractivity contribution in [3.8, 4) is 5.75 Å². The zero-order valence-electron chi connectivity index (χ0n) is 19.5. The van der Waals surface area contributed by atoms with Crippen LogP contribution in [0.4, 0.5) is 0 Å². The summed E-state index contributed by atoms with van der Waals surface area (Å²) >= 11 is 0. The first-order chi connectivity index (χ1) is 15.2. The highest BCUT2D eigenvalue weighted by atomic mass is 127. The number of ether oxygens (including phenoxy) is 1. The molecule has 3 aliphatic heterocycles. The van der Waals surface area contributed by atoms with Crippen molar-refractivity contribution in [3.05, 3.63) is 29.3 Å². The Kier molecular flexibility index (Phi) is 9.46. The van der Waals surface area contributed by atoms with E-state index >= 15 is 0 Å². The number of carbonyl (C=O) groups excluding carboxylic acids is 1. The summed E-state index contributed by atoms with van der Waals surface area (Å²) < 4.78 is 5.60. The first-order valence-corrected chi connectivity index (χ1v) is 12.0. The van der Waals surface area contributed by atoms with E-state index in [4.69, 9.17) is 9.73 Å². The van der Waals surface area contributed by atoms with Crippen LogP contribution < -0.4 is 10.1 Å². The Morgan fingerprint density at radius 2 is 1.88 bits per heavy atom. The summed E-state index contributed by atoms with van der Waals surface area (Å²) in [4.78, 5) is 24.3. The van der Waals surface area contributed by atoms with Gasteiger partial charge in [-0.1, -0.05) is 12.1 Å². The van der Waals surface area contributed by atoms with Crippen molar-refractivity contribution in [2.24, 2.45) is 4.99 Å². The SMILES string of the molecule is CCNC(=NCCc1ccc2c(c1)CCO2)N1CCN(C(C)C(=O)N2CCCC2)CC1.I. The molecule has 1 atom stereocenters. The molecule has 178 valence electrons. The van der Waals surface area contributed by atoms with Crippen molar-refractivity contribution in [1.29, 1.82) is 0 Å². The zero-order valence-corrected chi connectivity index (χ0v) is 21.8. The van der Waals surface area contributed by atoms with Crippen molar-refractivity contribution < 1.29 is 9.53 Å². The van der Waals surface area contributed by atoms with Crippen LogP contribution in [-0.4, -0.2) is 91.6 Å². The molecule has 0 aromatic heterocycles. The van der Waals surface area contributed by atoms with Gasteiger partial charge in [0, 0.05) is 58.8 Å². The first-order valence-electron chi connectivity index (χ1n) is 12.0. The van der Waals surface area contributed by atoms with Gasteiger partial charge in [0.25, 0.3) is 0 Å². The van der Waals surface area contributed by atoms with Gasteiger partial charge in [0.1, 0.15) is 5.75 Å². The molecule has 1 aromatic carbocycles. The Hall–Kier alpha value is -1.55. The molecule has 0 bridgehead atoms. The van der Waals surface area contributed by atoms with Crippen LogP contribution in [0.3, 0.4) is 0 Å². The average molecular weight is 556 g/mol. The van der Waals surface area contributed by atoms with Crippen LogP contribution >= 0.6 is 24.0 Å². The Labute approximate surface area is 209 Å². The number of nitrogens with zero attached hydrogens (tertiary/aromatic N) is 4. The lowest BCUT2D eigenvalue weighted by Gasteiger charge is -2.39. The molecule has 1 amide bonds. The van der Waals surface area contributed by atoms with Gasteiger partial charge in [-0.15, -0.1) is 24.0 Å². The molecule has 2 fully saturated rings. The molecule has 3 heterocycles. The van der Waals surface area contributed by atoms with Gasteiger partial charge in [-0.3, -0.25) is 14.7 Å². The van der Waals surface area contributed by atoms with Gasteiger partial charge in [0.05, 0.1) is 12.6 Å². The number of amides is 1. The maximum absolute atomic E-state index is 12.7. The molecule has 1 aromatic rings. The minimum atomic E-state index is -0.0245. The number of hydrogen-bond donors (Lipinski definition) is 1. The maximum Gasteiger partial charge on any atom is 0.239 e. The van der Waals surface area contributed by atoms with Crippen LogP contribution in [0.2, 0.25) is 0 Å². The fraction of sp³-hybridized carbons (Fsp3) is 0.667. The van der Waals surface area contributed by atoms with Gasteiger partial charge in [-0.05, 0) is 50.3 Å². The van der Waals surface area contributed by atoms with Gasteiger partial charge in [-0.2, -0.15) is 0 Å². The van der Waals surface area contributed by atoms with Crippen molar-refractivity contribution in [1.82, 2.24) is 20.0 Å². The number of fused-ring (bicyclic) bond motifs is 1. The lowest BCUT2D eigenvalue weighted by atomic mass is 10.1. The van der Waals surface area contributed by atoms with Crippen LogP contribution in [0, 0.1) is 0 Å². The number of benzene rings is 1. The van der Waals surface area contributed by atoms with Crippen molar-refractivity contribution >= 4 is 35.8 Å². The standard InChI is InChI=1S/C24H37N5O2.HI/c1-3-25-24(26-10-8-20-6-7-22-21(18-20)9-17-31-22)29-15-13-27(14-16-29)19(2)23(30)28-11-4-5-12-28;/h6-7,18-19H,3-5,8-17H2,1-2H3,(H,25,26);1H. The van der Waals surface area contributed by atoms with E-state index in [2.05, 4.69) is 47.2 Å². The average Bonchev–Trinajstić information content (AvgIpc) is 3.49. The van der Waals surface area contributed by atoms with Crippen LogP contribution in [0.25, 0.3) is 0 Å². The summed E-state index contributed by atoms with van der Waals surface area (Å²) in [6, 6.07) is 6.49. The van der Waals surface area contributed by atoms with Gasteiger partial charge < -0.3 is 19.9 Å². The number of carbonyl (C=O) groups is 1. The second-order valence-corrected chi connectivity index (χ2v) is 8.76. The Balaban J connectivity index is 0.00000289. The number of halogens is 1. The Morgan fingerprint density at radius 1 is 1.12 bits per heavy atom. The highest BCUT2D eigenvalue weighted by Crippen LogP contribution is 2.26. The number of nitrogens with one attached hydrogen (secondary N) is 1. The van der Waals surface area contributed by atoms with Crippen LogP contribution in [-0.2, 0) is 17.6 Å². The fourth-order valence-corrected chi connectivity index (χ4v) is 4.79. The Morgan fingerprint density at radius 3 is 2.59 bits per heavy atom. The van der Waals surface area contributed by atoms with Gasteiger partial charge in [0.2, 0.25) is 5.91 Å². The number of guanidine groups is 1.